The molecule has 6 heteroatoms. The van der Waals surface area contributed by atoms with Crippen molar-refractivity contribution in [1.82, 2.24) is 10.3 Å². The van der Waals surface area contributed by atoms with Gasteiger partial charge in [0.05, 0.1) is 31.5 Å². The number of amides is 1. The molecule has 6 nitrogen and oxygen atoms in total. The topological polar surface area (TPSA) is 67.6 Å². The molecule has 2 aromatic heterocycles. The first kappa shape index (κ1) is 15.1. The van der Waals surface area contributed by atoms with Crippen LogP contribution < -0.4 is 10.2 Å². The Morgan fingerprint density at radius 2 is 2.39 bits per heavy atom. The molecule has 1 aliphatic heterocycles. The minimum atomic E-state index is -0.225. The number of rotatable bonds is 4. The van der Waals surface area contributed by atoms with Gasteiger partial charge in [0, 0.05) is 12.7 Å². The summed E-state index contributed by atoms with van der Waals surface area (Å²) in [7, 11) is 0. The van der Waals surface area contributed by atoms with Gasteiger partial charge in [-0.1, -0.05) is 5.92 Å². The van der Waals surface area contributed by atoms with Gasteiger partial charge in [0.15, 0.2) is 0 Å². The van der Waals surface area contributed by atoms with Gasteiger partial charge in [-0.05, 0) is 24.3 Å². The minimum Gasteiger partial charge on any atom is -0.467 e. The van der Waals surface area contributed by atoms with Crippen LogP contribution in [0.4, 0.5) is 5.82 Å². The summed E-state index contributed by atoms with van der Waals surface area (Å²) in [6.45, 7) is 2.20. The Labute approximate surface area is 134 Å². The maximum atomic E-state index is 11.8. The van der Waals surface area contributed by atoms with E-state index in [0.717, 1.165) is 18.1 Å². The average molecular weight is 311 g/mol. The second kappa shape index (κ2) is 6.99. The number of terminal acetylenes is 1. The van der Waals surface area contributed by atoms with Gasteiger partial charge < -0.3 is 19.4 Å². The highest BCUT2D eigenvalue weighted by Gasteiger charge is 2.24. The Morgan fingerprint density at radius 3 is 3.09 bits per heavy atom. The normalized spacial score (nSPS) is 17.5. The number of nitrogens with zero attached hydrogens (tertiary/aromatic N) is 2. The summed E-state index contributed by atoms with van der Waals surface area (Å²) < 4.78 is 11.1. The molecule has 1 aliphatic rings. The fourth-order valence-electron chi connectivity index (χ4n) is 2.44. The summed E-state index contributed by atoms with van der Waals surface area (Å²) in [4.78, 5) is 18.3. The maximum Gasteiger partial charge on any atom is 0.253 e. The van der Waals surface area contributed by atoms with Gasteiger partial charge in [-0.15, -0.1) is 6.42 Å². The van der Waals surface area contributed by atoms with Gasteiger partial charge >= 0.3 is 0 Å². The minimum absolute atomic E-state index is 0.112. The number of furan rings is 1. The van der Waals surface area contributed by atoms with Crippen molar-refractivity contribution in [3.63, 3.8) is 0 Å². The molecule has 118 valence electrons. The number of anilines is 1. The zero-order valence-electron chi connectivity index (χ0n) is 12.6. The first-order valence-corrected chi connectivity index (χ1v) is 7.35. The number of ether oxygens (including phenoxy) is 1. The molecule has 3 heterocycles. The molecule has 0 saturated carbocycles. The van der Waals surface area contributed by atoms with Crippen LogP contribution in [0.5, 0.6) is 0 Å². The molecule has 1 N–H and O–H groups in total. The van der Waals surface area contributed by atoms with Gasteiger partial charge in [0.2, 0.25) is 0 Å². The van der Waals surface area contributed by atoms with Crippen LogP contribution in [-0.2, 0) is 4.74 Å². The van der Waals surface area contributed by atoms with Crippen LogP contribution in [0.15, 0.2) is 41.1 Å². The van der Waals surface area contributed by atoms with E-state index < -0.39 is 0 Å². The Morgan fingerprint density at radius 1 is 1.48 bits per heavy atom. The van der Waals surface area contributed by atoms with E-state index in [1.807, 2.05) is 18.2 Å². The fourth-order valence-corrected chi connectivity index (χ4v) is 2.44. The predicted molar refractivity (Wildman–Crippen MR) is 85.0 cm³/mol. The predicted octanol–water partition coefficient (Wildman–Crippen LogP) is 1.62. The third kappa shape index (κ3) is 3.52. The first-order valence-electron chi connectivity index (χ1n) is 7.35. The van der Waals surface area contributed by atoms with Gasteiger partial charge in [-0.2, -0.15) is 0 Å². The lowest BCUT2D eigenvalue weighted by Gasteiger charge is -2.32. The third-order valence-corrected chi connectivity index (χ3v) is 3.61. The van der Waals surface area contributed by atoms with Gasteiger partial charge in [0.1, 0.15) is 17.7 Å². The molecule has 0 bridgehead atoms. The summed E-state index contributed by atoms with van der Waals surface area (Å²) >= 11 is 0. The monoisotopic (exact) mass is 311 g/mol. The van der Waals surface area contributed by atoms with Gasteiger partial charge in [0.25, 0.3) is 5.91 Å². The molecule has 0 aliphatic carbocycles. The van der Waals surface area contributed by atoms with Crippen molar-refractivity contribution < 1.29 is 13.9 Å². The van der Waals surface area contributed by atoms with E-state index in [0.29, 0.717) is 18.7 Å². The summed E-state index contributed by atoms with van der Waals surface area (Å²) in [5, 5.41) is 2.61. The number of carbonyl (C=O) groups excluding carboxylic acids is 1. The molecule has 1 saturated heterocycles. The molecule has 1 unspecified atom stereocenters. The van der Waals surface area contributed by atoms with Crippen molar-refractivity contribution >= 4 is 11.7 Å². The molecule has 0 radical (unpaired) electrons. The lowest BCUT2D eigenvalue weighted by atomic mass is 10.2. The standard InChI is InChI=1S/C17H17N3O3/c1-2-7-18-17(21)13-5-6-16(19-11-13)20-8-10-23-15(12-20)14-4-3-9-22-14/h1,3-6,9,11,15H,7-8,10,12H2,(H,18,21). The van der Waals surface area contributed by atoms with Gasteiger partial charge in [-0.25, -0.2) is 4.98 Å². The summed E-state index contributed by atoms with van der Waals surface area (Å²) in [6.07, 6.45) is 8.20. The largest absolute Gasteiger partial charge is 0.467 e. The van der Waals surface area contributed by atoms with Gasteiger partial charge in [-0.3, -0.25) is 4.79 Å². The quantitative estimate of drug-likeness (QED) is 0.869. The van der Waals surface area contributed by atoms with Crippen molar-refractivity contribution in [3.8, 4) is 12.3 Å². The zero-order chi connectivity index (χ0) is 16.1. The van der Waals surface area contributed by atoms with Crippen LogP contribution in [0.1, 0.15) is 22.2 Å². The molecule has 1 fully saturated rings. The molecule has 3 rings (SSSR count). The van der Waals surface area contributed by atoms with E-state index in [9.17, 15) is 4.79 Å². The Bertz CT molecular complexity index is 689. The molecule has 1 amide bonds. The van der Waals surface area contributed by atoms with Crippen LogP contribution in [0.25, 0.3) is 0 Å². The lowest BCUT2D eigenvalue weighted by molar-refractivity contribution is 0.0255. The zero-order valence-corrected chi connectivity index (χ0v) is 12.6. The van der Waals surface area contributed by atoms with E-state index >= 15 is 0 Å². The smallest absolute Gasteiger partial charge is 0.253 e. The van der Waals surface area contributed by atoms with Crippen LogP contribution in [0, 0.1) is 12.3 Å². The van der Waals surface area contributed by atoms with Crippen molar-refractivity contribution in [1.29, 1.82) is 0 Å². The molecular formula is C17H17N3O3. The second-order valence-electron chi connectivity index (χ2n) is 5.11. The number of pyridine rings is 1. The molecule has 1 atom stereocenters. The number of carbonyl (C=O) groups is 1. The number of nitrogens with one attached hydrogen (secondary N) is 1. The van der Waals surface area contributed by atoms with E-state index in [1.54, 1.807) is 18.5 Å². The average Bonchev–Trinajstić information content (AvgIpc) is 3.14. The van der Waals surface area contributed by atoms with Crippen molar-refractivity contribution in [2.75, 3.05) is 31.1 Å². The number of aromatic nitrogens is 1. The van der Waals surface area contributed by atoms with Crippen molar-refractivity contribution in [3.05, 3.63) is 48.0 Å². The molecule has 0 spiro atoms. The van der Waals surface area contributed by atoms with E-state index in [-0.39, 0.29) is 18.6 Å². The summed E-state index contributed by atoms with van der Waals surface area (Å²) in [6, 6.07) is 7.32. The van der Waals surface area contributed by atoms with Crippen LogP contribution in [0.2, 0.25) is 0 Å². The molecule has 0 aromatic carbocycles. The van der Waals surface area contributed by atoms with Crippen LogP contribution >= 0.6 is 0 Å². The Balaban J connectivity index is 1.67. The molecule has 2 aromatic rings. The fraction of sp³-hybridized carbons (Fsp3) is 0.294. The second-order valence-corrected chi connectivity index (χ2v) is 5.11. The highest BCUT2D eigenvalue weighted by atomic mass is 16.5. The summed E-state index contributed by atoms with van der Waals surface area (Å²) in [5.74, 6) is 3.75. The van der Waals surface area contributed by atoms with Crippen LogP contribution in [-0.4, -0.2) is 37.1 Å². The van der Waals surface area contributed by atoms with E-state index in [1.165, 1.54) is 0 Å². The maximum absolute atomic E-state index is 11.8. The first-order chi connectivity index (χ1) is 11.3. The van der Waals surface area contributed by atoms with Crippen molar-refractivity contribution in [2.45, 2.75) is 6.10 Å². The van der Waals surface area contributed by atoms with E-state index in [2.05, 4.69) is 21.1 Å². The highest BCUT2D eigenvalue weighted by Crippen LogP contribution is 2.25. The Hall–Kier alpha value is -2.78. The SMILES string of the molecule is C#CCNC(=O)c1ccc(N2CCOC(c3ccco3)C2)nc1. The number of hydrogen-bond acceptors (Lipinski definition) is 5. The number of hydrogen-bond donors (Lipinski definition) is 1. The summed E-state index contributed by atoms with van der Waals surface area (Å²) in [5.41, 5.74) is 0.486. The number of morpholine rings is 1. The lowest BCUT2D eigenvalue weighted by Crippen LogP contribution is -2.38. The third-order valence-electron chi connectivity index (χ3n) is 3.61. The van der Waals surface area contributed by atoms with Crippen LogP contribution in [0.3, 0.4) is 0 Å². The Kier molecular flexibility index (Phi) is 4.60. The molecule has 23 heavy (non-hydrogen) atoms. The molecular weight excluding hydrogens is 294 g/mol. The van der Waals surface area contributed by atoms with Crippen molar-refractivity contribution in [2.24, 2.45) is 0 Å². The highest BCUT2D eigenvalue weighted by molar-refractivity contribution is 5.94. The van der Waals surface area contributed by atoms with E-state index in [4.69, 9.17) is 15.6 Å².